The number of hydrogen-bond acceptors (Lipinski definition) is 8. The summed E-state index contributed by atoms with van der Waals surface area (Å²) in [5.74, 6) is -0.474. The number of benzene rings is 3. The van der Waals surface area contributed by atoms with Crippen molar-refractivity contribution in [3.05, 3.63) is 125 Å². The van der Waals surface area contributed by atoms with E-state index in [0.717, 1.165) is 35.4 Å². The van der Waals surface area contributed by atoms with Crippen molar-refractivity contribution in [3.8, 4) is 11.4 Å². The van der Waals surface area contributed by atoms with Gasteiger partial charge < -0.3 is 14.9 Å². The highest BCUT2D eigenvalue weighted by Crippen LogP contribution is 2.32. The Bertz CT molecular complexity index is 1800. The van der Waals surface area contributed by atoms with Crippen LogP contribution in [0.2, 0.25) is 0 Å². The van der Waals surface area contributed by atoms with Gasteiger partial charge in [-0.1, -0.05) is 35.5 Å². The van der Waals surface area contributed by atoms with Gasteiger partial charge in [-0.3, -0.25) is 9.71 Å². The first-order valence-corrected chi connectivity index (χ1v) is 15.1. The van der Waals surface area contributed by atoms with Crippen molar-refractivity contribution in [2.24, 2.45) is 0 Å². The molecule has 2 aromatic heterocycles. The number of sulfonamides is 1. The van der Waals surface area contributed by atoms with Gasteiger partial charge in [-0.25, -0.2) is 12.8 Å². The number of pyridine rings is 1. The molecule has 234 valence electrons. The largest absolute Gasteiger partial charge is 0.416 e. The van der Waals surface area contributed by atoms with Gasteiger partial charge in [0.2, 0.25) is 12.0 Å². The van der Waals surface area contributed by atoms with Crippen LogP contribution in [0.3, 0.4) is 0 Å². The van der Waals surface area contributed by atoms with Crippen LogP contribution in [0.1, 0.15) is 40.4 Å². The Kier molecular flexibility index (Phi) is 9.56. The summed E-state index contributed by atoms with van der Waals surface area (Å²) in [6.45, 7) is 0.979. The molecule has 0 fully saturated rings. The Hall–Kier alpha value is -4.66. The molecular formula is C31H27F4N5O4S. The van der Waals surface area contributed by atoms with Crippen molar-refractivity contribution in [1.82, 2.24) is 20.4 Å². The number of alkyl halides is 4. The second-order valence-electron chi connectivity index (χ2n) is 10.0. The number of aliphatic hydroxyl groups is 1. The summed E-state index contributed by atoms with van der Waals surface area (Å²) in [7, 11) is -3.94. The van der Waals surface area contributed by atoms with Crippen molar-refractivity contribution in [1.29, 1.82) is 0 Å². The predicted octanol–water partition coefficient (Wildman–Crippen LogP) is 5.88. The molecule has 2 heterocycles. The Balaban J connectivity index is 1.14. The molecule has 45 heavy (non-hydrogen) atoms. The molecule has 14 heteroatoms. The number of nitrogens with zero attached hydrogens (tertiary/aromatic N) is 3. The molecule has 0 spiro atoms. The van der Waals surface area contributed by atoms with E-state index in [4.69, 9.17) is 4.52 Å². The Labute approximate surface area is 256 Å². The molecule has 2 atom stereocenters. The number of aromatic nitrogens is 3. The average Bonchev–Trinajstić information content (AvgIpc) is 3.54. The third-order valence-corrected chi connectivity index (χ3v) is 8.21. The zero-order valence-corrected chi connectivity index (χ0v) is 24.3. The van der Waals surface area contributed by atoms with E-state index in [-0.39, 0.29) is 16.3 Å². The molecule has 0 aliphatic heterocycles. The molecule has 9 nitrogen and oxygen atoms in total. The van der Waals surface area contributed by atoms with Gasteiger partial charge in [0.25, 0.3) is 15.9 Å². The number of halogens is 4. The SMILES string of the molecule is O=S(=O)(Nc1ccc(CCNCC(O)c2cccnc2)cc1)c1ccc(-c2noc([C@H](F)c3ccc(C(F)(F)F)cc3)n2)cc1. The lowest BCUT2D eigenvalue weighted by Crippen LogP contribution is -2.23. The quantitative estimate of drug-likeness (QED) is 0.114. The lowest BCUT2D eigenvalue weighted by molar-refractivity contribution is -0.137. The maximum atomic E-state index is 14.9. The highest BCUT2D eigenvalue weighted by Gasteiger charge is 2.31. The fourth-order valence-electron chi connectivity index (χ4n) is 4.34. The molecule has 0 bridgehead atoms. The predicted molar refractivity (Wildman–Crippen MR) is 157 cm³/mol. The van der Waals surface area contributed by atoms with E-state index in [2.05, 4.69) is 25.2 Å². The van der Waals surface area contributed by atoms with Gasteiger partial charge >= 0.3 is 6.18 Å². The summed E-state index contributed by atoms with van der Waals surface area (Å²) in [5.41, 5.74) is 1.40. The van der Waals surface area contributed by atoms with E-state index in [1.165, 1.54) is 24.3 Å². The van der Waals surface area contributed by atoms with Crippen molar-refractivity contribution >= 4 is 15.7 Å². The van der Waals surface area contributed by atoms with Gasteiger partial charge in [0.15, 0.2) is 0 Å². The van der Waals surface area contributed by atoms with Gasteiger partial charge in [0.1, 0.15) is 0 Å². The van der Waals surface area contributed by atoms with Crippen LogP contribution in [0.25, 0.3) is 11.4 Å². The highest BCUT2D eigenvalue weighted by atomic mass is 32.2. The van der Waals surface area contributed by atoms with Crippen molar-refractivity contribution in [2.45, 2.75) is 29.8 Å². The van der Waals surface area contributed by atoms with Crippen LogP contribution < -0.4 is 10.0 Å². The lowest BCUT2D eigenvalue weighted by atomic mass is 10.1. The number of rotatable bonds is 12. The molecule has 0 radical (unpaired) electrons. The minimum absolute atomic E-state index is 0.0202. The highest BCUT2D eigenvalue weighted by molar-refractivity contribution is 7.92. The zero-order chi connectivity index (χ0) is 32.0. The molecule has 1 unspecified atom stereocenters. The monoisotopic (exact) mass is 641 g/mol. The molecular weight excluding hydrogens is 614 g/mol. The molecule has 5 rings (SSSR count). The van der Waals surface area contributed by atoms with Gasteiger partial charge in [-0.15, -0.1) is 0 Å². The van der Waals surface area contributed by atoms with Crippen LogP contribution in [0.15, 0.2) is 107 Å². The fourth-order valence-corrected chi connectivity index (χ4v) is 5.40. The van der Waals surface area contributed by atoms with Crippen LogP contribution >= 0.6 is 0 Å². The minimum atomic E-state index is -4.55. The summed E-state index contributed by atoms with van der Waals surface area (Å²) >= 11 is 0. The molecule has 3 N–H and O–H groups in total. The van der Waals surface area contributed by atoms with Gasteiger partial charge in [-0.05, 0) is 78.7 Å². The standard InChI is InChI=1S/C31H27F4N5O4S/c32-28(21-5-9-24(10-6-21)31(33,34)35)30-38-29(39-44-30)22-7-13-26(14-8-22)45(42,43)40-25-11-3-20(4-12-25)15-17-37-19-27(41)23-2-1-16-36-18-23/h1-14,16,18,27-28,37,40-41H,15,17,19H2/t27?,28-/m1/s1. The van der Waals surface area contributed by atoms with E-state index in [9.17, 15) is 31.1 Å². The normalized spacial score (nSPS) is 13.4. The maximum absolute atomic E-state index is 14.9. The zero-order valence-electron chi connectivity index (χ0n) is 23.4. The first-order valence-electron chi connectivity index (χ1n) is 13.7. The van der Waals surface area contributed by atoms with Crippen molar-refractivity contribution in [3.63, 3.8) is 0 Å². The lowest BCUT2D eigenvalue weighted by Gasteiger charge is -2.12. The topological polar surface area (TPSA) is 130 Å². The molecule has 3 aromatic carbocycles. The summed E-state index contributed by atoms with van der Waals surface area (Å²) in [6.07, 6.45) is -3.25. The van der Waals surface area contributed by atoms with E-state index >= 15 is 0 Å². The first-order chi connectivity index (χ1) is 21.5. The third-order valence-electron chi connectivity index (χ3n) is 6.82. The third kappa shape index (κ3) is 8.09. The fraction of sp³-hybridized carbons (Fsp3) is 0.194. The van der Waals surface area contributed by atoms with Gasteiger partial charge in [0, 0.05) is 35.8 Å². The molecule has 0 aliphatic carbocycles. The number of anilines is 1. The molecule has 0 saturated heterocycles. The summed E-state index contributed by atoms with van der Waals surface area (Å²) in [6, 6.07) is 19.5. The minimum Gasteiger partial charge on any atom is -0.387 e. The second kappa shape index (κ2) is 13.5. The van der Waals surface area contributed by atoms with E-state index in [1.54, 1.807) is 48.8 Å². The maximum Gasteiger partial charge on any atom is 0.416 e. The molecule has 5 aromatic rings. The first kappa shape index (κ1) is 31.8. The summed E-state index contributed by atoms with van der Waals surface area (Å²) < 4.78 is 86.6. The van der Waals surface area contributed by atoms with Crippen molar-refractivity contribution < 1.29 is 35.6 Å². The van der Waals surface area contributed by atoms with E-state index in [1.807, 2.05) is 0 Å². The number of aliphatic hydroxyl groups excluding tert-OH is 1. The molecule has 0 saturated carbocycles. The van der Waals surface area contributed by atoms with Crippen LogP contribution in [-0.2, 0) is 22.6 Å². The van der Waals surface area contributed by atoms with Gasteiger partial charge in [-0.2, -0.15) is 18.2 Å². The summed E-state index contributed by atoms with van der Waals surface area (Å²) in [4.78, 5) is 7.94. The van der Waals surface area contributed by atoms with Crippen LogP contribution in [0.5, 0.6) is 0 Å². The smallest absolute Gasteiger partial charge is 0.387 e. The number of hydrogen-bond donors (Lipinski definition) is 3. The van der Waals surface area contributed by atoms with E-state index < -0.39 is 39.9 Å². The molecule has 0 amide bonds. The Morgan fingerprint density at radius 1 is 0.911 bits per heavy atom. The van der Waals surface area contributed by atoms with Crippen LogP contribution in [-0.4, -0.2) is 41.7 Å². The second-order valence-corrected chi connectivity index (χ2v) is 11.7. The van der Waals surface area contributed by atoms with Crippen molar-refractivity contribution in [2.75, 3.05) is 17.8 Å². The number of nitrogens with one attached hydrogen (secondary N) is 2. The Morgan fingerprint density at radius 3 is 2.27 bits per heavy atom. The van der Waals surface area contributed by atoms with E-state index in [0.29, 0.717) is 30.8 Å². The van der Waals surface area contributed by atoms with Gasteiger partial charge in [0.05, 0.1) is 16.6 Å². The van der Waals surface area contributed by atoms with Crippen LogP contribution in [0, 0.1) is 0 Å². The average molecular weight is 642 g/mol. The van der Waals surface area contributed by atoms with Crippen LogP contribution in [0.4, 0.5) is 23.2 Å². The Morgan fingerprint density at radius 2 is 1.62 bits per heavy atom. The summed E-state index contributed by atoms with van der Waals surface area (Å²) in [5, 5.41) is 17.1. The molecule has 0 aliphatic rings.